The number of aromatic amines is 1. The van der Waals surface area contributed by atoms with Gasteiger partial charge in [0.2, 0.25) is 0 Å². The molecule has 98 valence electrons. The summed E-state index contributed by atoms with van der Waals surface area (Å²) in [5.41, 5.74) is 1.00. The first kappa shape index (κ1) is 11.6. The van der Waals surface area contributed by atoms with E-state index in [-0.39, 0.29) is 5.56 Å². The van der Waals surface area contributed by atoms with Gasteiger partial charge in [0.25, 0.3) is 5.56 Å². The first-order chi connectivity index (χ1) is 8.83. The molecule has 2 fully saturated rings. The third-order valence-corrected chi connectivity index (χ3v) is 3.64. The lowest BCUT2D eigenvalue weighted by Gasteiger charge is -2.29. The van der Waals surface area contributed by atoms with Gasteiger partial charge in [0.15, 0.2) is 0 Å². The summed E-state index contributed by atoms with van der Waals surface area (Å²) in [4.78, 5) is 19.2. The van der Waals surface area contributed by atoms with Crippen molar-refractivity contribution >= 4 is 11.5 Å². The predicted molar refractivity (Wildman–Crippen MR) is 71.5 cm³/mol. The van der Waals surface area contributed by atoms with Crippen LogP contribution in [0.4, 0.5) is 11.5 Å². The van der Waals surface area contributed by atoms with Crippen LogP contribution in [-0.4, -0.2) is 44.4 Å². The van der Waals surface area contributed by atoms with Crippen LogP contribution in [0.15, 0.2) is 16.9 Å². The molecular weight excluding hydrogens is 230 g/mol. The molecule has 5 nitrogen and oxygen atoms in total. The molecule has 0 atom stereocenters. The highest BCUT2D eigenvalue weighted by Gasteiger charge is 2.17. The van der Waals surface area contributed by atoms with Crippen molar-refractivity contribution in [1.82, 2.24) is 4.98 Å². The highest BCUT2D eigenvalue weighted by atomic mass is 16.5. The van der Waals surface area contributed by atoms with Gasteiger partial charge in [-0.15, -0.1) is 0 Å². The fourth-order valence-electron chi connectivity index (χ4n) is 2.65. The standard InChI is InChI=1S/C13H19N3O2/c17-13-10-11(15-5-7-18-8-6-15)9-12(14-13)16-3-1-2-4-16/h9-10H,1-8H2,(H,14,17). The zero-order valence-electron chi connectivity index (χ0n) is 10.5. The van der Waals surface area contributed by atoms with Crippen molar-refractivity contribution in [3.05, 3.63) is 22.5 Å². The lowest BCUT2D eigenvalue weighted by Crippen LogP contribution is -2.37. The summed E-state index contributed by atoms with van der Waals surface area (Å²) in [5, 5.41) is 0. The van der Waals surface area contributed by atoms with Gasteiger partial charge in [0.05, 0.1) is 13.2 Å². The summed E-state index contributed by atoms with van der Waals surface area (Å²) in [6.45, 7) is 5.30. The van der Waals surface area contributed by atoms with Gasteiger partial charge in [-0.25, -0.2) is 0 Å². The summed E-state index contributed by atoms with van der Waals surface area (Å²) in [6, 6.07) is 3.78. The van der Waals surface area contributed by atoms with Crippen LogP contribution in [0.3, 0.4) is 0 Å². The lowest BCUT2D eigenvalue weighted by molar-refractivity contribution is 0.122. The third kappa shape index (κ3) is 2.36. The normalized spacial score (nSPS) is 20.4. The molecule has 0 unspecified atom stereocenters. The average molecular weight is 249 g/mol. The first-order valence-electron chi connectivity index (χ1n) is 6.65. The second kappa shape index (κ2) is 5.02. The Morgan fingerprint density at radius 3 is 2.44 bits per heavy atom. The Hall–Kier alpha value is -1.49. The van der Waals surface area contributed by atoms with Crippen molar-refractivity contribution < 1.29 is 4.74 Å². The Bertz CT molecular complexity index is 460. The van der Waals surface area contributed by atoms with Crippen LogP contribution in [0.25, 0.3) is 0 Å². The van der Waals surface area contributed by atoms with E-state index in [1.165, 1.54) is 12.8 Å². The lowest BCUT2D eigenvalue weighted by atomic mass is 10.3. The van der Waals surface area contributed by atoms with Crippen molar-refractivity contribution in [3.63, 3.8) is 0 Å². The third-order valence-electron chi connectivity index (χ3n) is 3.64. The van der Waals surface area contributed by atoms with Crippen LogP contribution in [0, 0.1) is 0 Å². The largest absolute Gasteiger partial charge is 0.378 e. The van der Waals surface area contributed by atoms with Gasteiger partial charge in [-0.3, -0.25) is 4.79 Å². The van der Waals surface area contributed by atoms with Gasteiger partial charge < -0.3 is 19.5 Å². The molecule has 2 saturated heterocycles. The maximum absolute atomic E-state index is 11.8. The first-order valence-corrected chi connectivity index (χ1v) is 6.65. The van der Waals surface area contributed by atoms with Crippen molar-refractivity contribution in [2.75, 3.05) is 49.2 Å². The number of nitrogens with one attached hydrogen (secondary N) is 1. The molecular formula is C13H19N3O2. The Morgan fingerprint density at radius 2 is 1.72 bits per heavy atom. The van der Waals surface area contributed by atoms with Crippen LogP contribution in [0.5, 0.6) is 0 Å². The number of pyridine rings is 1. The average Bonchev–Trinajstić information content (AvgIpc) is 2.93. The van der Waals surface area contributed by atoms with E-state index in [1.807, 2.05) is 0 Å². The molecule has 1 aromatic heterocycles. The van der Waals surface area contributed by atoms with Crippen molar-refractivity contribution in [2.45, 2.75) is 12.8 Å². The minimum Gasteiger partial charge on any atom is -0.378 e. The van der Waals surface area contributed by atoms with Crippen molar-refractivity contribution in [3.8, 4) is 0 Å². The van der Waals surface area contributed by atoms with Gasteiger partial charge in [0.1, 0.15) is 5.82 Å². The molecule has 1 aromatic rings. The molecule has 18 heavy (non-hydrogen) atoms. The highest BCUT2D eigenvalue weighted by Crippen LogP contribution is 2.22. The number of hydrogen-bond acceptors (Lipinski definition) is 4. The predicted octanol–water partition coefficient (Wildman–Crippen LogP) is 0.812. The van der Waals surface area contributed by atoms with E-state index >= 15 is 0 Å². The van der Waals surface area contributed by atoms with Crippen LogP contribution in [0.1, 0.15) is 12.8 Å². The summed E-state index contributed by atoms with van der Waals surface area (Å²) in [5.74, 6) is 0.960. The molecule has 1 N–H and O–H groups in total. The number of ether oxygens (including phenoxy) is 1. The van der Waals surface area contributed by atoms with Crippen LogP contribution in [0.2, 0.25) is 0 Å². The van der Waals surface area contributed by atoms with Gasteiger partial charge >= 0.3 is 0 Å². The minimum atomic E-state index is -0.0131. The number of aromatic nitrogens is 1. The van der Waals surface area contributed by atoms with E-state index < -0.39 is 0 Å². The second-order valence-electron chi connectivity index (χ2n) is 4.88. The Morgan fingerprint density at radius 1 is 1.00 bits per heavy atom. The monoisotopic (exact) mass is 249 g/mol. The summed E-state index contributed by atoms with van der Waals surface area (Å²) in [7, 11) is 0. The van der Waals surface area contributed by atoms with Gasteiger partial charge in [-0.05, 0) is 12.8 Å². The quantitative estimate of drug-likeness (QED) is 0.842. The van der Waals surface area contributed by atoms with Gasteiger partial charge in [-0.2, -0.15) is 0 Å². The molecule has 0 bridgehead atoms. The van der Waals surface area contributed by atoms with E-state index in [0.29, 0.717) is 0 Å². The molecule has 0 spiro atoms. The number of anilines is 2. The SMILES string of the molecule is O=c1cc(N2CCOCC2)cc(N2CCCC2)[nH]1. The summed E-state index contributed by atoms with van der Waals surface area (Å²) in [6.07, 6.45) is 2.42. The zero-order valence-corrected chi connectivity index (χ0v) is 10.5. The summed E-state index contributed by atoms with van der Waals surface area (Å²) >= 11 is 0. The smallest absolute Gasteiger partial charge is 0.251 e. The fraction of sp³-hybridized carbons (Fsp3) is 0.615. The molecule has 0 aromatic carbocycles. The van der Waals surface area contributed by atoms with Crippen LogP contribution < -0.4 is 15.4 Å². The van der Waals surface area contributed by atoms with E-state index in [0.717, 1.165) is 50.9 Å². The molecule has 0 aliphatic carbocycles. The molecule has 0 radical (unpaired) electrons. The van der Waals surface area contributed by atoms with E-state index in [1.54, 1.807) is 6.07 Å². The minimum absolute atomic E-state index is 0.0131. The molecule has 3 rings (SSSR count). The topological polar surface area (TPSA) is 48.6 Å². The van der Waals surface area contributed by atoms with Crippen molar-refractivity contribution in [2.24, 2.45) is 0 Å². The number of morpholine rings is 1. The van der Waals surface area contributed by atoms with Crippen LogP contribution >= 0.6 is 0 Å². The van der Waals surface area contributed by atoms with Gasteiger partial charge in [-0.1, -0.05) is 0 Å². The molecule has 3 heterocycles. The Kier molecular flexibility index (Phi) is 3.23. The molecule has 0 saturated carbocycles. The van der Waals surface area contributed by atoms with Crippen molar-refractivity contribution in [1.29, 1.82) is 0 Å². The fourth-order valence-corrected chi connectivity index (χ4v) is 2.65. The number of hydrogen-bond donors (Lipinski definition) is 1. The maximum atomic E-state index is 11.8. The van der Waals surface area contributed by atoms with Gasteiger partial charge in [0, 0.05) is 44.0 Å². The molecule has 5 heteroatoms. The zero-order chi connectivity index (χ0) is 12.4. The summed E-state index contributed by atoms with van der Waals surface area (Å²) < 4.78 is 5.34. The highest BCUT2D eigenvalue weighted by molar-refractivity contribution is 5.55. The maximum Gasteiger partial charge on any atom is 0.251 e. The molecule has 0 amide bonds. The number of rotatable bonds is 2. The second-order valence-corrected chi connectivity index (χ2v) is 4.88. The van der Waals surface area contributed by atoms with E-state index in [2.05, 4.69) is 20.9 Å². The Balaban J connectivity index is 1.87. The number of H-pyrrole nitrogens is 1. The molecule has 2 aliphatic heterocycles. The number of nitrogens with zero attached hydrogens (tertiary/aromatic N) is 2. The van der Waals surface area contributed by atoms with E-state index in [4.69, 9.17) is 4.74 Å². The van der Waals surface area contributed by atoms with E-state index in [9.17, 15) is 4.79 Å². The molecule has 2 aliphatic rings. The van der Waals surface area contributed by atoms with Crippen LogP contribution in [-0.2, 0) is 4.74 Å². The Labute approximate surface area is 106 Å².